The summed E-state index contributed by atoms with van der Waals surface area (Å²) in [7, 11) is -1.13. The van der Waals surface area contributed by atoms with Crippen molar-refractivity contribution in [3.63, 3.8) is 0 Å². The Labute approximate surface area is 134 Å². The molecule has 0 radical (unpaired) electrons. The molecule has 0 aromatic heterocycles. The number of aryl methyl sites for hydroxylation is 1. The van der Waals surface area contributed by atoms with Crippen LogP contribution in [0.15, 0.2) is 29.3 Å². The van der Waals surface area contributed by atoms with Gasteiger partial charge in [-0.1, -0.05) is 41.6 Å². The minimum Gasteiger partial charge on any atom is -0.349 e. The van der Waals surface area contributed by atoms with Gasteiger partial charge < -0.3 is 4.90 Å². The summed E-state index contributed by atoms with van der Waals surface area (Å²) in [4.78, 5) is 18.1. The van der Waals surface area contributed by atoms with Crippen LogP contribution in [0, 0.1) is 6.92 Å². The molecule has 118 valence electrons. The number of amidine groups is 1. The van der Waals surface area contributed by atoms with Crippen molar-refractivity contribution in [2.24, 2.45) is 4.99 Å². The highest BCUT2D eigenvalue weighted by Crippen LogP contribution is 2.36. The Balaban J connectivity index is 1.68. The number of benzene rings is 1. The molecule has 0 unspecified atom stereocenters. The molecule has 3 rings (SSSR count). The van der Waals surface area contributed by atoms with E-state index < -0.39 is 9.84 Å². The zero-order valence-electron chi connectivity index (χ0n) is 12.5. The lowest BCUT2D eigenvalue weighted by molar-refractivity contribution is -0.117. The van der Waals surface area contributed by atoms with E-state index in [1.165, 1.54) is 11.8 Å². The summed E-state index contributed by atoms with van der Waals surface area (Å²) in [6.07, 6.45) is 0.270. The van der Waals surface area contributed by atoms with Crippen molar-refractivity contribution in [2.45, 2.75) is 24.6 Å². The molecule has 2 saturated heterocycles. The Hall–Kier alpha value is -1.34. The van der Waals surface area contributed by atoms with E-state index in [-0.39, 0.29) is 35.1 Å². The number of sulfone groups is 1. The zero-order valence-corrected chi connectivity index (χ0v) is 14.2. The molecule has 0 bridgehead atoms. The van der Waals surface area contributed by atoms with Crippen molar-refractivity contribution >= 4 is 32.7 Å². The fourth-order valence-corrected chi connectivity index (χ4v) is 6.78. The van der Waals surface area contributed by atoms with Gasteiger partial charge in [-0.2, -0.15) is 4.99 Å². The lowest BCUT2D eigenvalue weighted by Gasteiger charge is -2.17. The third-order valence-electron chi connectivity index (χ3n) is 4.02. The number of hydrogen-bond donors (Lipinski definition) is 0. The van der Waals surface area contributed by atoms with E-state index in [9.17, 15) is 13.2 Å². The molecular formula is C15H18N2O3S2. The molecule has 2 aliphatic rings. The van der Waals surface area contributed by atoms with Crippen LogP contribution >= 0.6 is 11.8 Å². The Bertz CT molecular complexity index is 726. The molecule has 0 saturated carbocycles. The van der Waals surface area contributed by atoms with Crippen molar-refractivity contribution in [3.8, 4) is 0 Å². The van der Waals surface area contributed by atoms with E-state index in [4.69, 9.17) is 0 Å². The number of amides is 1. The van der Waals surface area contributed by atoms with Gasteiger partial charge in [0.2, 0.25) is 0 Å². The second kappa shape index (κ2) is 5.70. The Morgan fingerprint density at radius 3 is 2.64 bits per heavy atom. The predicted octanol–water partition coefficient (Wildman–Crippen LogP) is 1.26. The van der Waals surface area contributed by atoms with Gasteiger partial charge in [0.05, 0.1) is 24.0 Å². The van der Waals surface area contributed by atoms with Gasteiger partial charge in [-0.25, -0.2) is 8.42 Å². The van der Waals surface area contributed by atoms with Crippen LogP contribution in [0.1, 0.15) is 11.1 Å². The monoisotopic (exact) mass is 338 g/mol. The Kier molecular flexibility index (Phi) is 4.03. The highest BCUT2D eigenvalue weighted by molar-refractivity contribution is 8.15. The molecule has 2 atom stereocenters. The maximum Gasteiger partial charge on any atom is 0.252 e. The van der Waals surface area contributed by atoms with Crippen LogP contribution < -0.4 is 0 Å². The fourth-order valence-electron chi connectivity index (χ4n) is 2.76. The van der Waals surface area contributed by atoms with Crippen LogP contribution in [-0.2, 0) is 21.1 Å². The number of aliphatic imine (C=N–C) groups is 1. The number of carbonyl (C=O) groups is 1. The maximum atomic E-state index is 12.1. The number of thioether (sulfide) groups is 1. The quantitative estimate of drug-likeness (QED) is 0.812. The van der Waals surface area contributed by atoms with Crippen molar-refractivity contribution in [2.75, 3.05) is 18.6 Å². The SMILES string of the molecule is Cc1ccc(CC(=O)N=C2S[C@@H]3CS(=O)(=O)C[C@H]3N2C)cc1. The Morgan fingerprint density at radius 1 is 1.32 bits per heavy atom. The third kappa shape index (κ3) is 3.20. The molecule has 1 amide bonds. The molecule has 1 aromatic carbocycles. The first-order chi connectivity index (χ1) is 10.3. The van der Waals surface area contributed by atoms with Crippen LogP contribution in [0.3, 0.4) is 0 Å². The van der Waals surface area contributed by atoms with Crippen molar-refractivity contribution in [1.29, 1.82) is 0 Å². The average Bonchev–Trinajstić information content (AvgIpc) is 2.87. The number of carbonyl (C=O) groups excluding carboxylic acids is 1. The van der Waals surface area contributed by atoms with E-state index in [0.717, 1.165) is 11.1 Å². The van der Waals surface area contributed by atoms with Gasteiger partial charge >= 0.3 is 0 Å². The molecule has 0 spiro atoms. The zero-order chi connectivity index (χ0) is 15.9. The Morgan fingerprint density at radius 2 is 2.00 bits per heavy atom. The van der Waals surface area contributed by atoms with Crippen molar-refractivity contribution < 1.29 is 13.2 Å². The fraction of sp³-hybridized carbons (Fsp3) is 0.467. The number of hydrogen-bond acceptors (Lipinski definition) is 4. The summed E-state index contributed by atoms with van der Waals surface area (Å²) in [6.45, 7) is 2.00. The second-order valence-corrected chi connectivity index (χ2v) is 9.22. The van der Waals surface area contributed by atoms with Crippen LogP contribution in [-0.4, -0.2) is 54.2 Å². The van der Waals surface area contributed by atoms with Gasteiger partial charge in [0.1, 0.15) is 0 Å². The molecule has 0 N–H and O–H groups in total. The molecule has 7 heteroatoms. The first-order valence-electron chi connectivity index (χ1n) is 7.11. The molecule has 5 nitrogen and oxygen atoms in total. The predicted molar refractivity (Wildman–Crippen MR) is 88.9 cm³/mol. The highest BCUT2D eigenvalue weighted by atomic mass is 32.2. The van der Waals surface area contributed by atoms with Gasteiger partial charge in [0.15, 0.2) is 15.0 Å². The molecule has 0 aliphatic carbocycles. The van der Waals surface area contributed by atoms with Gasteiger partial charge in [-0.15, -0.1) is 0 Å². The van der Waals surface area contributed by atoms with Gasteiger partial charge in [0, 0.05) is 12.3 Å². The summed E-state index contributed by atoms with van der Waals surface area (Å²) in [5.74, 6) is 0.144. The van der Waals surface area contributed by atoms with E-state index in [0.29, 0.717) is 5.17 Å². The number of nitrogens with zero attached hydrogens (tertiary/aromatic N) is 2. The second-order valence-electron chi connectivity index (χ2n) is 5.86. The lowest BCUT2D eigenvalue weighted by atomic mass is 10.1. The van der Waals surface area contributed by atoms with Crippen LogP contribution in [0.5, 0.6) is 0 Å². The molecule has 2 aliphatic heterocycles. The van der Waals surface area contributed by atoms with Gasteiger partial charge in [-0.3, -0.25) is 4.79 Å². The molecular weight excluding hydrogens is 320 g/mol. The highest BCUT2D eigenvalue weighted by Gasteiger charge is 2.47. The van der Waals surface area contributed by atoms with Crippen molar-refractivity contribution in [3.05, 3.63) is 35.4 Å². The molecule has 2 heterocycles. The van der Waals surface area contributed by atoms with Gasteiger partial charge in [-0.05, 0) is 12.5 Å². The normalized spacial score (nSPS) is 28.1. The third-order valence-corrected chi connectivity index (χ3v) is 7.33. The lowest BCUT2D eigenvalue weighted by Crippen LogP contribution is -2.34. The smallest absolute Gasteiger partial charge is 0.252 e. The standard InChI is InChI=1S/C15H18N2O3S2/c1-10-3-5-11(6-4-10)7-14(18)16-15-17(2)12-8-22(19,20)9-13(12)21-15/h3-6,12-13H,7-9H2,1-2H3/t12-,13-/m1/s1. The van der Waals surface area contributed by atoms with E-state index in [2.05, 4.69) is 4.99 Å². The van der Waals surface area contributed by atoms with Crippen LogP contribution in [0.2, 0.25) is 0 Å². The minimum atomic E-state index is -2.95. The summed E-state index contributed by atoms with van der Waals surface area (Å²) in [5, 5.41) is 0.642. The van der Waals surface area contributed by atoms with Crippen LogP contribution in [0.4, 0.5) is 0 Å². The van der Waals surface area contributed by atoms with E-state index >= 15 is 0 Å². The topological polar surface area (TPSA) is 66.8 Å². The first kappa shape index (κ1) is 15.6. The van der Waals surface area contributed by atoms with Crippen LogP contribution in [0.25, 0.3) is 0 Å². The van der Waals surface area contributed by atoms with E-state index in [1.807, 2.05) is 43.1 Å². The largest absolute Gasteiger partial charge is 0.349 e. The minimum absolute atomic E-state index is 0.000856. The molecule has 22 heavy (non-hydrogen) atoms. The average molecular weight is 338 g/mol. The number of rotatable bonds is 2. The first-order valence-corrected chi connectivity index (χ1v) is 9.81. The molecule has 2 fully saturated rings. The summed E-state index contributed by atoms with van der Waals surface area (Å²) in [5.41, 5.74) is 2.09. The summed E-state index contributed by atoms with van der Waals surface area (Å²) >= 11 is 1.41. The van der Waals surface area contributed by atoms with E-state index in [1.54, 1.807) is 0 Å². The number of fused-ring (bicyclic) bond motifs is 1. The summed E-state index contributed by atoms with van der Waals surface area (Å²) in [6, 6.07) is 7.75. The molecule has 1 aromatic rings. The maximum absolute atomic E-state index is 12.1. The van der Waals surface area contributed by atoms with Gasteiger partial charge in [0.25, 0.3) is 5.91 Å². The summed E-state index contributed by atoms with van der Waals surface area (Å²) < 4.78 is 23.3. The van der Waals surface area contributed by atoms with Crippen molar-refractivity contribution in [1.82, 2.24) is 4.90 Å².